The van der Waals surface area contributed by atoms with Crippen molar-refractivity contribution in [2.24, 2.45) is 0 Å². The number of carboxylic acid groups (broad SMARTS) is 1. The number of Topliss-reactive ketones (excluding diaryl/α,β-unsaturated/α-hetero) is 1. The molecule has 1 atom stereocenters. The second-order valence-electron chi connectivity index (χ2n) is 2.32. The van der Waals surface area contributed by atoms with Gasteiger partial charge in [0.15, 0.2) is 5.78 Å². The van der Waals surface area contributed by atoms with Crippen LogP contribution in [-0.2, 0) is 9.59 Å². The zero-order chi connectivity index (χ0) is 7.56. The van der Waals surface area contributed by atoms with E-state index in [0.717, 1.165) is 0 Å². The van der Waals surface area contributed by atoms with Crippen LogP contribution in [0.5, 0.6) is 0 Å². The van der Waals surface area contributed by atoms with Gasteiger partial charge in [-0.05, 0) is 0 Å². The molecule has 0 bridgehead atoms. The number of rotatable bonds is 2. The van der Waals surface area contributed by atoms with Crippen LogP contribution >= 0.6 is 0 Å². The van der Waals surface area contributed by atoms with Gasteiger partial charge < -0.3 is 10.4 Å². The quantitative estimate of drug-likeness (QED) is 0.541. The highest BCUT2D eigenvalue weighted by Crippen LogP contribution is 2.03. The van der Waals surface area contributed by atoms with E-state index in [0.29, 0.717) is 13.0 Å². The first-order valence-corrected chi connectivity index (χ1v) is 3.18. The Morgan fingerprint density at radius 3 is 2.90 bits per heavy atom. The third-order valence-corrected chi connectivity index (χ3v) is 1.53. The predicted molar refractivity (Wildman–Crippen MR) is 33.7 cm³/mol. The number of aliphatic carboxylic acids is 1. The molecule has 4 heteroatoms. The third kappa shape index (κ3) is 1.54. The van der Waals surface area contributed by atoms with Gasteiger partial charge in [0.05, 0.1) is 12.5 Å². The summed E-state index contributed by atoms with van der Waals surface area (Å²) in [5.41, 5.74) is 0. The standard InChI is InChI=1S/C6H9NO3/c8-5-1-2-7-4(5)3-6(9)10/h4,7H,1-3H2,(H,9,10)/t4-/m0/s1. The summed E-state index contributed by atoms with van der Waals surface area (Å²) < 4.78 is 0. The molecule has 2 N–H and O–H groups in total. The largest absolute Gasteiger partial charge is 0.481 e. The molecule has 0 unspecified atom stereocenters. The first-order valence-electron chi connectivity index (χ1n) is 3.18. The SMILES string of the molecule is O=C(O)C[C@@H]1NCCC1=O. The smallest absolute Gasteiger partial charge is 0.305 e. The summed E-state index contributed by atoms with van der Waals surface area (Å²) in [6.45, 7) is 0.622. The minimum absolute atomic E-state index is 0.0161. The Labute approximate surface area is 58.2 Å². The molecule has 0 aliphatic carbocycles. The van der Waals surface area contributed by atoms with Crippen LogP contribution in [0.25, 0.3) is 0 Å². The Hall–Kier alpha value is -0.900. The molecule has 1 fully saturated rings. The zero-order valence-electron chi connectivity index (χ0n) is 5.46. The number of carbonyl (C=O) groups is 2. The minimum Gasteiger partial charge on any atom is -0.481 e. The summed E-state index contributed by atoms with van der Waals surface area (Å²) >= 11 is 0. The highest BCUT2D eigenvalue weighted by Gasteiger charge is 2.25. The number of carboxylic acids is 1. The fourth-order valence-electron chi connectivity index (χ4n) is 1.02. The number of hydrogen-bond acceptors (Lipinski definition) is 3. The molecule has 1 aliphatic heterocycles. The molecule has 4 nitrogen and oxygen atoms in total. The monoisotopic (exact) mass is 143 g/mol. The Morgan fingerprint density at radius 1 is 1.80 bits per heavy atom. The van der Waals surface area contributed by atoms with Crippen LogP contribution in [-0.4, -0.2) is 29.4 Å². The molecule has 0 spiro atoms. The normalized spacial score (nSPS) is 25.2. The summed E-state index contributed by atoms with van der Waals surface area (Å²) in [6.07, 6.45) is 0.386. The molecule has 56 valence electrons. The van der Waals surface area contributed by atoms with Crippen LogP contribution in [0.2, 0.25) is 0 Å². The van der Waals surface area contributed by atoms with Crippen molar-refractivity contribution in [1.82, 2.24) is 5.32 Å². The maximum absolute atomic E-state index is 10.8. The number of nitrogens with one attached hydrogen (secondary N) is 1. The second kappa shape index (κ2) is 2.79. The van der Waals surface area contributed by atoms with Gasteiger partial charge >= 0.3 is 5.97 Å². The summed E-state index contributed by atoms with van der Waals surface area (Å²) in [5, 5.41) is 11.1. The van der Waals surface area contributed by atoms with E-state index in [-0.39, 0.29) is 12.2 Å². The molecule has 0 saturated carbocycles. The van der Waals surface area contributed by atoms with E-state index in [1.807, 2.05) is 0 Å². The van der Waals surface area contributed by atoms with Crippen LogP contribution in [0.3, 0.4) is 0 Å². The van der Waals surface area contributed by atoms with Gasteiger partial charge in [0, 0.05) is 13.0 Å². The van der Waals surface area contributed by atoms with E-state index in [1.165, 1.54) is 0 Å². The van der Waals surface area contributed by atoms with Crippen LogP contribution in [0.1, 0.15) is 12.8 Å². The Balaban J connectivity index is 2.40. The van der Waals surface area contributed by atoms with Gasteiger partial charge in [-0.25, -0.2) is 0 Å². The van der Waals surface area contributed by atoms with E-state index in [2.05, 4.69) is 5.32 Å². The average Bonchev–Trinajstić information content (AvgIpc) is 2.15. The van der Waals surface area contributed by atoms with Crippen molar-refractivity contribution in [3.63, 3.8) is 0 Å². The fourth-order valence-corrected chi connectivity index (χ4v) is 1.02. The average molecular weight is 143 g/mol. The van der Waals surface area contributed by atoms with Gasteiger partial charge in [-0.3, -0.25) is 9.59 Å². The van der Waals surface area contributed by atoms with Crippen molar-refractivity contribution >= 4 is 11.8 Å². The van der Waals surface area contributed by atoms with Crippen LogP contribution in [0.4, 0.5) is 0 Å². The van der Waals surface area contributed by atoms with Crippen molar-refractivity contribution < 1.29 is 14.7 Å². The fraction of sp³-hybridized carbons (Fsp3) is 0.667. The molecular formula is C6H9NO3. The van der Waals surface area contributed by atoms with Crippen LogP contribution in [0.15, 0.2) is 0 Å². The summed E-state index contributed by atoms with van der Waals surface area (Å²) in [4.78, 5) is 20.9. The molecule has 10 heavy (non-hydrogen) atoms. The molecule has 0 aromatic heterocycles. The van der Waals surface area contributed by atoms with Crippen molar-refractivity contribution in [2.45, 2.75) is 18.9 Å². The lowest BCUT2D eigenvalue weighted by molar-refractivity contribution is -0.139. The lowest BCUT2D eigenvalue weighted by Crippen LogP contribution is -2.29. The van der Waals surface area contributed by atoms with E-state index in [9.17, 15) is 9.59 Å². The van der Waals surface area contributed by atoms with Gasteiger partial charge in [0.1, 0.15) is 0 Å². The van der Waals surface area contributed by atoms with Gasteiger partial charge in [-0.15, -0.1) is 0 Å². The lowest BCUT2D eigenvalue weighted by atomic mass is 10.1. The Kier molecular flexibility index (Phi) is 2.01. The first kappa shape index (κ1) is 7.21. The molecule has 0 amide bonds. The molecule has 1 aliphatic rings. The van der Waals surface area contributed by atoms with E-state index >= 15 is 0 Å². The van der Waals surface area contributed by atoms with E-state index in [1.54, 1.807) is 0 Å². The maximum Gasteiger partial charge on any atom is 0.305 e. The number of carbonyl (C=O) groups excluding carboxylic acids is 1. The molecule has 0 aromatic rings. The van der Waals surface area contributed by atoms with E-state index < -0.39 is 12.0 Å². The first-order chi connectivity index (χ1) is 4.70. The van der Waals surface area contributed by atoms with Gasteiger partial charge in [-0.1, -0.05) is 0 Å². The van der Waals surface area contributed by atoms with Gasteiger partial charge in [-0.2, -0.15) is 0 Å². The third-order valence-electron chi connectivity index (χ3n) is 1.53. The molecular weight excluding hydrogens is 134 g/mol. The van der Waals surface area contributed by atoms with Crippen molar-refractivity contribution in [3.05, 3.63) is 0 Å². The summed E-state index contributed by atoms with van der Waals surface area (Å²) in [5.74, 6) is -0.907. The van der Waals surface area contributed by atoms with Crippen LogP contribution < -0.4 is 5.32 Å². The van der Waals surface area contributed by atoms with Gasteiger partial charge in [0.2, 0.25) is 0 Å². The molecule has 0 radical (unpaired) electrons. The highest BCUT2D eigenvalue weighted by molar-refractivity contribution is 5.89. The molecule has 1 rings (SSSR count). The molecule has 1 heterocycles. The zero-order valence-corrected chi connectivity index (χ0v) is 5.46. The molecule has 0 aromatic carbocycles. The predicted octanol–water partition coefficient (Wildman–Crippen LogP) is -0.608. The van der Waals surface area contributed by atoms with Crippen molar-refractivity contribution in [1.29, 1.82) is 0 Å². The topological polar surface area (TPSA) is 66.4 Å². The highest BCUT2D eigenvalue weighted by atomic mass is 16.4. The molecule has 1 saturated heterocycles. The Morgan fingerprint density at radius 2 is 2.50 bits per heavy atom. The number of hydrogen-bond donors (Lipinski definition) is 2. The lowest BCUT2D eigenvalue weighted by Gasteiger charge is -2.02. The van der Waals surface area contributed by atoms with Crippen molar-refractivity contribution in [3.8, 4) is 0 Å². The summed E-state index contributed by atoms with van der Waals surface area (Å²) in [7, 11) is 0. The second-order valence-corrected chi connectivity index (χ2v) is 2.32. The van der Waals surface area contributed by atoms with Gasteiger partial charge in [0.25, 0.3) is 0 Å². The minimum atomic E-state index is -0.923. The summed E-state index contributed by atoms with van der Waals surface area (Å²) in [6, 6.07) is -0.433. The van der Waals surface area contributed by atoms with Crippen LogP contribution in [0, 0.1) is 0 Å². The number of ketones is 1. The van der Waals surface area contributed by atoms with E-state index in [4.69, 9.17) is 5.11 Å². The Bertz CT molecular complexity index is 166. The maximum atomic E-state index is 10.8. The van der Waals surface area contributed by atoms with Crippen molar-refractivity contribution in [2.75, 3.05) is 6.54 Å².